The zero-order chi connectivity index (χ0) is 23.0. The Morgan fingerprint density at radius 3 is 2.52 bits per heavy atom. The number of hydrogen-bond acceptors (Lipinski definition) is 7. The number of carbonyl (C=O) groups is 1. The van der Waals surface area contributed by atoms with Crippen molar-refractivity contribution >= 4 is 12.1 Å². The van der Waals surface area contributed by atoms with Crippen molar-refractivity contribution in [2.75, 3.05) is 14.2 Å². The molecule has 0 saturated heterocycles. The van der Waals surface area contributed by atoms with E-state index in [1.807, 2.05) is 54.6 Å². The predicted molar refractivity (Wildman–Crippen MR) is 123 cm³/mol. The van der Waals surface area contributed by atoms with E-state index in [1.54, 1.807) is 32.4 Å². The van der Waals surface area contributed by atoms with E-state index in [2.05, 4.69) is 25.9 Å². The molecule has 0 saturated carbocycles. The molecular formula is C24H22N6O3. The van der Waals surface area contributed by atoms with E-state index in [0.29, 0.717) is 35.0 Å². The molecule has 0 aliphatic rings. The Bertz CT molecular complexity index is 1250. The minimum absolute atomic E-state index is 0.329. The number of hydrogen-bond donors (Lipinski definition) is 1. The lowest BCUT2D eigenvalue weighted by atomic mass is 10.1. The third-order valence-electron chi connectivity index (χ3n) is 4.83. The number of para-hydroxylation sites is 1. The molecule has 0 fully saturated rings. The maximum atomic E-state index is 12.4. The Labute approximate surface area is 190 Å². The summed E-state index contributed by atoms with van der Waals surface area (Å²) in [6, 6.07) is 22.2. The van der Waals surface area contributed by atoms with E-state index >= 15 is 0 Å². The minimum Gasteiger partial charge on any atom is -0.493 e. The Kier molecular flexibility index (Phi) is 6.70. The van der Waals surface area contributed by atoms with Gasteiger partial charge in [0.1, 0.15) is 0 Å². The summed E-state index contributed by atoms with van der Waals surface area (Å²) in [6.45, 7) is 0.440. The molecule has 4 aromatic rings. The van der Waals surface area contributed by atoms with E-state index in [-0.39, 0.29) is 5.91 Å². The molecule has 33 heavy (non-hydrogen) atoms. The molecule has 9 nitrogen and oxygen atoms in total. The summed E-state index contributed by atoms with van der Waals surface area (Å²) in [5.74, 6) is 1.36. The molecule has 1 aromatic heterocycles. The molecule has 4 rings (SSSR count). The van der Waals surface area contributed by atoms with Gasteiger partial charge in [-0.25, -0.2) is 5.43 Å². The maximum absolute atomic E-state index is 12.4. The summed E-state index contributed by atoms with van der Waals surface area (Å²) < 4.78 is 10.6. The van der Waals surface area contributed by atoms with Crippen molar-refractivity contribution in [3.63, 3.8) is 0 Å². The summed E-state index contributed by atoms with van der Waals surface area (Å²) in [6.07, 6.45) is 1.51. The fraction of sp³-hybridized carbons (Fsp3) is 0.125. The average molecular weight is 442 g/mol. The maximum Gasteiger partial charge on any atom is 0.271 e. The van der Waals surface area contributed by atoms with Gasteiger partial charge in [0.15, 0.2) is 11.5 Å². The summed E-state index contributed by atoms with van der Waals surface area (Å²) >= 11 is 0. The van der Waals surface area contributed by atoms with Crippen molar-refractivity contribution in [3.8, 4) is 22.9 Å². The topological polar surface area (TPSA) is 104 Å². The summed E-state index contributed by atoms with van der Waals surface area (Å²) in [5.41, 5.74) is 5.52. The van der Waals surface area contributed by atoms with Crippen LogP contribution in [0.4, 0.5) is 0 Å². The van der Waals surface area contributed by atoms with Gasteiger partial charge in [0.05, 0.1) is 27.0 Å². The van der Waals surface area contributed by atoms with Gasteiger partial charge in [-0.05, 0) is 35.0 Å². The number of carbonyl (C=O) groups excluding carboxylic acids is 1. The molecule has 0 radical (unpaired) electrons. The van der Waals surface area contributed by atoms with E-state index in [1.165, 1.54) is 11.0 Å². The van der Waals surface area contributed by atoms with Crippen molar-refractivity contribution in [1.82, 2.24) is 25.6 Å². The summed E-state index contributed by atoms with van der Waals surface area (Å²) in [5, 5.41) is 16.6. The van der Waals surface area contributed by atoms with Crippen LogP contribution in [0.2, 0.25) is 0 Å². The van der Waals surface area contributed by atoms with Crippen LogP contribution < -0.4 is 14.9 Å². The third kappa shape index (κ3) is 5.21. The number of aromatic nitrogens is 4. The van der Waals surface area contributed by atoms with Crippen molar-refractivity contribution < 1.29 is 14.3 Å². The zero-order valence-electron chi connectivity index (χ0n) is 18.2. The number of ether oxygens (including phenoxy) is 2. The second-order valence-electron chi connectivity index (χ2n) is 6.99. The highest BCUT2D eigenvalue weighted by atomic mass is 16.5. The lowest BCUT2D eigenvalue weighted by molar-refractivity contribution is 0.0955. The SMILES string of the molecule is COc1cccc(/C=N/NC(=O)c2ccc(Cn3nnc(-c4ccccc4)n3)cc2)c1OC. The van der Waals surface area contributed by atoms with Gasteiger partial charge >= 0.3 is 0 Å². The standard InChI is InChI=1S/C24H22N6O3/c1-32-21-10-6-9-20(22(21)33-2)15-25-27-24(31)19-13-11-17(12-14-19)16-30-28-23(26-29-30)18-7-4-3-5-8-18/h3-15H,16H2,1-2H3,(H,27,31)/b25-15+. The van der Waals surface area contributed by atoms with Gasteiger partial charge in [0.25, 0.3) is 5.91 Å². The highest BCUT2D eigenvalue weighted by molar-refractivity contribution is 5.95. The quantitative estimate of drug-likeness (QED) is 0.332. The Balaban J connectivity index is 1.37. The first kappa shape index (κ1) is 21.7. The Hall–Kier alpha value is -4.53. The normalized spacial score (nSPS) is 10.8. The number of benzene rings is 3. The van der Waals surface area contributed by atoms with Gasteiger partial charge in [-0.1, -0.05) is 48.5 Å². The second-order valence-corrected chi connectivity index (χ2v) is 6.99. The number of tetrazole rings is 1. The molecule has 1 amide bonds. The summed E-state index contributed by atoms with van der Waals surface area (Å²) in [7, 11) is 3.11. The van der Waals surface area contributed by atoms with Gasteiger partial charge in [0, 0.05) is 16.7 Å². The largest absolute Gasteiger partial charge is 0.493 e. The monoisotopic (exact) mass is 442 g/mol. The third-order valence-corrected chi connectivity index (χ3v) is 4.83. The number of methoxy groups -OCH3 is 2. The molecule has 3 aromatic carbocycles. The molecule has 1 N–H and O–H groups in total. The van der Waals surface area contributed by atoms with E-state index in [9.17, 15) is 4.79 Å². The smallest absolute Gasteiger partial charge is 0.271 e. The first-order chi connectivity index (χ1) is 16.2. The molecule has 9 heteroatoms. The van der Waals surface area contributed by atoms with Crippen LogP contribution in [-0.4, -0.2) is 46.5 Å². The van der Waals surface area contributed by atoms with Gasteiger partial charge < -0.3 is 9.47 Å². The van der Waals surface area contributed by atoms with Crippen LogP contribution in [0.5, 0.6) is 11.5 Å². The Morgan fingerprint density at radius 1 is 1.00 bits per heavy atom. The lowest BCUT2D eigenvalue weighted by Gasteiger charge is -2.09. The summed E-state index contributed by atoms with van der Waals surface area (Å²) in [4.78, 5) is 13.9. The van der Waals surface area contributed by atoms with Crippen LogP contribution in [0.1, 0.15) is 21.5 Å². The van der Waals surface area contributed by atoms with Crippen molar-refractivity contribution in [1.29, 1.82) is 0 Å². The average Bonchev–Trinajstić information content (AvgIpc) is 3.33. The van der Waals surface area contributed by atoms with Crippen LogP contribution in [0.25, 0.3) is 11.4 Å². The van der Waals surface area contributed by atoms with E-state index < -0.39 is 0 Å². The van der Waals surface area contributed by atoms with Crippen molar-refractivity contribution in [3.05, 3.63) is 89.5 Å². The van der Waals surface area contributed by atoms with Crippen LogP contribution in [0.3, 0.4) is 0 Å². The van der Waals surface area contributed by atoms with E-state index in [0.717, 1.165) is 11.1 Å². The van der Waals surface area contributed by atoms with Gasteiger partial charge in [-0.15, -0.1) is 10.2 Å². The van der Waals surface area contributed by atoms with Crippen LogP contribution in [-0.2, 0) is 6.54 Å². The second kappa shape index (κ2) is 10.2. The molecule has 166 valence electrons. The number of hydrazone groups is 1. The number of nitrogens with zero attached hydrogens (tertiary/aromatic N) is 5. The highest BCUT2D eigenvalue weighted by Gasteiger charge is 2.09. The van der Waals surface area contributed by atoms with Crippen molar-refractivity contribution in [2.24, 2.45) is 5.10 Å². The molecule has 0 aliphatic carbocycles. The first-order valence-corrected chi connectivity index (χ1v) is 10.1. The molecule has 0 bridgehead atoms. The van der Waals surface area contributed by atoms with Crippen LogP contribution >= 0.6 is 0 Å². The Morgan fingerprint density at radius 2 is 1.79 bits per heavy atom. The highest BCUT2D eigenvalue weighted by Crippen LogP contribution is 2.29. The number of rotatable bonds is 8. The van der Waals surface area contributed by atoms with Gasteiger partial charge in [0.2, 0.25) is 5.82 Å². The molecule has 0 aliphatic heterocycles. The molecule has 0 unspecified atom stereocenters. The molecule has 0 spiro atoms. The predicted octanol–water partition coefficient (Wildman–Crippen LogP) is 3.17. The molecule has 0 atom stereocenters. The number of amides is 1. The van der Waals surface area contributed by atoms with Gasteiger partial charge in [-0.2, -0.15) is 9.90 Å². The molecule has 1 heterocycles. The minimum atomic E-state index is -0.329. The fourth-order valence-electron chi connectivity index (χ4n) is 3.18. The fourth-order valence-corrected chi connectivity index (χ4v) is 3.18. The van der Waals surface area contributed by atoms with Crippen molar-refractivity contribution in [2.45, 2.75) is 6.54 Å². The lowest BCUT2D eigenvalue weighted by Crippen LogP contribution is -2.17. The van der Waals surface area contributed by atoms with Crippen LogP contribution in [0, 0.1) is 0 Å². The molecular weight excluding hydrogens is 420 g/mol. The van der Waals surface area contributed by atoms with E-state index in [4.69, 9.17) is 9.47 Å². The zero-order valence-corrected chi connectivity index (χ0v) is 18.2. The van der Waals surface area contributed by atoms with Crippen LogP contribution in [0.15, 0.2) is 77.9 Å². The first-order valence-electron chi connectivity index (χ1n) is 10.1. The van der Waals surface area contributed by atoms with Gasteiger partial charge in [-0.3, -0.25) is 4.79 Å². The number of nitrogens with one attached hydrogen (secondary N) is 1.